The highest BCUT2D eigenvalue weighted by molar-refractivity contribution is 7.91. The fraction of sp³-hybridized carbons (Fsp3) is 0.441. The van der Waals surface area contributed by atoms with Gasteiger partial charge in [-0.2, -0.15) is 0 Å². The minimum absolute atomic E-state index is 0.0226. The molecule has 3 aromatic rings. The second-order valence-corrected chi connectivity index (χ2v) is 14.0. The molecule has 2 atom stereocenters. The van der Waals surface area contributed by atoms with Gasteiger partial charge in [0.15, 0.2) is 9.84 Å². The van der Waals surface area contributed by atoms with Gasteiger partial charge >= 0.3 is 5.97 Å². The highest BCUT2D eigenvalue weighted by Crippen LogP contribution is 2.44. The lowest BCUT2D eigenvalue weighted by molar-refractivity contribution is -0.141. The van der Waals surface area contributed by atoms with Gasteiger partial charge in [-0.05, 0) is 91.0 Å². The monoisotopic (exact) mass is 608 g/mol. The van der Waals surface area contributed by atoms with Crippen LogP contribution in [0.5, 0.6) is 17.2 Å². The predicted molar refractivity (Wildman–Crippen MR) is 161 cm³/mol. The Bertz CT molecular complexity index is 1620. The summed E-state index contributed by atoms with van der Waals surface area (Å²) in [6, 6.07) is 15.0. The Kier molecular flexibility index (Phi) is 8.36. The average Bonchev–Trinajstić information content (AvgIpc) is 3.60. The number of rotatable bonds is 9. The van der Waals surface area contributed by atoms with E-state index in [0.29, 0.717) is 38.2 Å². The lowest BCUT2D eigenvalue weighted by Crippen LogP contribution is -2.30. The number of benzene rings is 3. The van der Waals surface area contributed by atoms with E-state index in [1.54, 1.807) is 6.07 Å². The zero-order valence-corrected chi connectivity index (χ0v) is 25.4. The molecule has 228 valence electrons. The van der Waals surface area contributed by atoms with Crippen LogP contribution in [0.4, 0.5) is 4.39 Å². The summed E-state index contributed by atoms with van der Waals surface area (Å²) in [5.41, 5.74) is 5.80. The lowest BCUT2D eigenvalue weighted by Gasteiger charge is -2.25. The van der Waals surface area contributed by atoms with Crippen molar-refractivity contribution in [2.24, 2.45) is 0 Å². The van der Waals surface area contributed by atoms with Gasteiger partial charge in [-0.3, -0.25) is 4.79 Å². The van der Waals surface area contributed by atoms with Crippen molar-refractivity contribution in [2.75, 3.05) is 31.8 Å². The fourth-order valence-corrected chi connectivity index (χ4v) is 8.12. The zero-order chi connectivity index (χ0) is 30.1. The molecule has 0 spiro atoms. The average molecular weight is 609 g/mol. The molecule has 2 aliphatic heterocycles. The molecule has 1 saturated heterocycles. The van der Waals surface area contributed by atoms with Crippen molar-refractivity contribution >= 4 is 15.8 Å². The van der Waals surface area contributed by atoms with Crippen molar-refractivity contribution in [3.05, 3.63) is 76.6 Å². The molecular weight excluding hydrogens is 571 g/mol. The third-order valence-corrected chi connectivity index (χ3v) is 10.8. The van der Waals surface area contributed by atoms with E-state index in [-0.39, 0.29) is 47.7 Å². The molecule has 3 aliphatic rings. The molecule has 2 heterocycles. The van der Waals surface area contributed by atoms with Gasteiger partial charge < -0.3 is 18.9 Å². The van der Waals surface area contributed by atoms with Crippen LogP contribution in [0.1, 0.15) is 66.2 Å². The van der Waals surface area contributed by atoms with Crippen molar-refractivity contribution in [1.82, 2.24) is 0 Å². The van der Waals surface area contributed by atoms with Crippen molar-refractivity contribution in [3.63, 3.8) is 0 Å². The van der Waals surface area contributed by atoms with E-state index in [1.807, 2.05) is 49.4 Å². The van der Waals surface area contributed by atoms with E-state index in [9.17, 15) is 13.2 Å². The van der Waals surface area contributed by atoms with Crippen molar-refractivity contribution in [3.8, 4) is 28.4 Å². The van der Waals surface area contributed by atoms with E-state index < -0.39 is 9.84 Å². The summed E-state index contributed by atoms with van der Waals surface area (Å²) in [5, 5.41) is 0. The van der Waals surface area contributed by atoms with Gasteiger partial charge in [0.2, 0.25) is 0 Å². The molecule has 1 fully saturated rings. The predicted octanol–water partition coefficient (Wildman–Crippen LogP) is 6.30. The Morgan fingerprint density at radius 2 is 1.84 bits per heavy atom. The minimum atomic E-state index is -2.96. The molecule has 7 nitrogen and oxygen atoms in total. The van der Waals surface area contributed by atoms with E-state index in [0.717, 1.165) is 57.7 Å². The summed E-state index contributed by atoms with van der Waals surface area (Å²) in [6.45, 7) is 2.89. The van der Waals surface area contributed by atoms with Gasteiger partial charge in [0, 0.05) is 17.5 Å². The molecule has 0 radical (unpaired) electrons. The summed E-state index contributed by atoms with van der Waals surface area (Å²) in [6.07, 6.45) is 3.46. The maximum atomic E-state index is 15.3. The summed E-state index contributed by atoms with van der Waals surface area (Å²) < 4.78 is 61.9. The minimum Gasteiger partial charge on any atom is -0.493 e. The Labute approximate surface area is 252 Å². The number of fused-ring (bicyclic) bond motifs is 2. The topological polar surface area (TPSA) is 88.1 Å². The smallest absolute Gasteiger partial charge is 0.306 e. The van der Waals surface area contributed by atoms with Crippen LogP contribution in [0.15, 0.2) is 48.5 Å². The second kappa shape index (κ2) is 12.2. The molecule has 0 aromatic heterocycles. The highest BCUT2D eigenvalue weighted by Gasteiger charge is 2.31. The number of halogens is 1. The summed E-state index contributed by atoms with van der Waals surface area (Å²) in [7, 11) is -1.58. The zero-order valence-electron chi connectivity index (χ0n) is 24.6. The molecule has 1 aliphatic carbocycles. The van der Waals surface area contributed by atoms with Crippen molar-refractivity contribution in [2.45, 2.75) is 63.4 Å². The first-order chi connectivity index (χ1) is 20.7. The van der Waals surface area contributed by atoms with E-state index in [1.165, 1.54) is 7.11 Å². The Balaban J connectivity index is 1.13. The molecule has 6 rings (SSSR count). The van der Waals surface area contributed by atoms with Gasteiger partial charge in [0.25, 0.3) is 0 Å². The van der Waals surface area contributed by atoms with Gasteiger partial charge in [-0.1, -0.05) is 24.3 Å². The third-order valence-electron chi connectivity index (χ3n) is 9.07. The van der Waals surface area contributed by atoms with Crippen LogP contribution in [-0.2, 0) is 25.8 Å². The van der Waals surface area contributed by atoms with E-state index >= 15 is 4.39 Å². The van der Waals surface area contributed by atoms with E-state index in [4.69, 9.17) is 18.9 Å². The third kappa shape index (κ3) is 6.23. The summed E-state index contributed by atoms with van der Waals surface area (Å²) in [4.78, 5) is 11.7. The SMILES string of the molecule is COC(=O)CC1COc2cc(OCCC3CCc4c(-c5cccc(OC6CCS(=O)(=O)CC6)c5C)ccc(F)c43)ccc21. The lowest BCUT2D eigenvalue weighted by atomic mass is 9.91. The number of carbonyl (C=O) groups excluding carboxylic acids is 1. The molecule has 43 heavy (non-hydrogen) atoms. The Hall–Kier alpha value is -3.59. The Morgan fingerprint density at radius 3 is 2.63 bits per heavy atom. The Morgan fingerprint density at radius 1 is 1.02 bits per heavy atom. The normalized spacial score (nSPS) is 20.6. The van der Waals surface area contributed by atoms with Gasteiger partial charge in [0.05, 0.1) is 38.3 Å². The van der Waals surface area contributed by atoms with Crippen LogP contribution < -0.4 is 14.2 Å². The van der Waals surface area contributed by atoms with Crippen LogP contribution in [0.3, 0.4) is 0 Å². The number of sulfone groups is 1. The number of ether oxygens (including phenoxy) is 4. The molecule has 2 unspecified atom stereocenters. The maximum absolute atomic E-state index is 15.3. The molecule has 0 bridgehead atoms. The molecule has 0 N–H and O–H groups in total. The van der Waals surface area contributed by atoms with Crippen molar-refractivity contribution in [1.29, 1.82) is 0 Å². The first kappa shape index (κ1) is 29.5. The molecule has 3 aromatic carbocycles. The standard InChI is InChI=1S/C34H37FO7S/c1-21-26(4-3-5-31(21)42-24-13-16-43(37,38)17-14-24)28-10-11-30(35)34-22(6-8-29(28)34)12-15-40-25-7-9-27-23(18-33(36)39-2)20-41-32(27)19-25/h3-5,7,9-11,19,22-24H,6,8,12-18,20H2,1-2H3. The first-order valence-electron chi connectivity index (χ1n) is 15.0. The van der Waals surface area contributed by atoms with Crippen LogP contribution >= 0.6 is 0 Å². The highest BCUT2D eigenvalue weighted by atomic mass is 32.2. The molecule has 0 amide bonds. The number of hydrogen-bond donors (Lipinski definition) is 0. The largest absolute Gasteiger partial charge is 0.493 e. The number of hydrogen-bond acceptors (Lipinski definition) is 7. The number of carbonyl (C=O) groups is 1. The number of esters is 1. The van der Waals surface area contributed by atoms with Crippen molar-refractivity contribution < 1.29 is 36.6 Å². The van der Waals surface area contributed by atoms with Gasteiger partial charge in [-0.25, -0.2) is 12.8 Å². The van der Waals surface area contributed by atoms with Crippen LogP contribution in [0.2, 0.25) is 0 Å². The summed E-state index contributed by atoms with van der Waals surface area (Å²) in [5.74, 6) is 2.06. The number of methoxy groups -OCH3 is 1. The van der Waals surface area contributed by atoms with Gasteiger partial charge in [-0.15, -0.1) is 0 Å². The van der Waals surface area contributed by atoms with E-state index in [2.05, 4.69) is 0 Å². The van der Waals surface area contributed by atoms with Crippen LogP contribution in [0.25, 0.3) is 11.1 Å². The second-order valence-electron chi connectivity index (χ2n) is 11.7. The molecular formula is C34H37FO7S. The first-order valence-corrected chi connectivity index (χ1v) is 16.8. The van der Waals surface area contributed by atoms with Crippen LogP contribution in [-0.4, -0.2) is 52.3 Å². The van der Waals surface area contributed by atoms with Crippen LogP contribution in [0, 0.1) is 12.7 Å². The molecule has 0 saturated carbocycles. The quantitative estimate of drug-likeness (QED) is 0.264. The van der Waals surface area contributed by atoms with Gasteiger partial charge in [0.1, 0.15) is 29.2 Å². The fourth-order valence-electron chi connectivity index (χ4n) is 6.67. The summed E-state index contributed by atoms with van der Waals surface area (Å²) >= 11 is 0. The molecule has 9 heteroatoms. The maximum Gasteiger partial charge on any atom is 0.306 e.